The van der Waals surface area contributed by atoms with Gasteiger partial charge in [-0.25, -0.2) is 13.4 Å². The molecule has 0 radical (unpaired) electrons. The molecule has 0 amide bonds. The van der Waals surface area contributed by atoms with E-state index in [1.165, 1.54) is 0 Å². The third kappa shape index (κ3) is 3.40. The van der Waals surface area contributed by atoms with Gasteiger partial charge in [0, 0.05) is 31.0 Å². The predicted molar refractivity (Wildman–Crippen MR) is 109 cm³/mol. The molecule has 8 nitrogen and oxygen atoms in total. The van der Waals surface area contributed by atoms with Gasteiger partial charge in [0.05, 0.1) is 23.7 Å². The van der Waals surface area contributed by atoms with E-state index in [1.807, 2.05) is 24.4 Å². The maximum atomic E-state index is 12.8. The Kier molecular flexibility index (Phi) is 4.56. The summed E-state index contributed by atoms with van der Waals surface area (Å²) in [6, 6.07) is 9.39. The predicted octanol–water partition coefficient (Wildman–Crippen LogP) is 2.16. The normalized spacial score (nSPS) is 19.2. The van der Waals surface area contributed by atoms with E-state index in [2.05, 4.69) is 20.6 Å². The maximum Gasteiger partial charge on any atom is 0.243 e. The number of rotatable bonds is 5. The molecule has 9 heteroatoms. The van der Waals surface area contributed by atoms with Crippen molar-refractivity contribution >= 4 is 15.8 Å². The smallest absolute Gasteiger partial charge is 0.243 e. The van der Waals surface area contributed by atoms with Crippen LogP contribution in [0.25, 0.3) is 11.1 Å². The van der Waals surface area contributed by atoms with Gasteiger partial charge in [-0.1, -0.05) is 17.3 Å². The Balaban J connectivity index is 1.40. The fourth-order valence-electron chi connectivity index (χ4n) is 4.13. The molecule has 3 aromatic rings. The van der Waals surface area contributed by atoms with Crippen LogP contribution in [0.5, 0.6) is 0 Å². The average molecular weight is 411 g/mol. The molecule has 1 saturated heterocycles. The zero-order chi connectivity index (χ0) is 19.8. The number of hydrogen-bond donors (Lipinski definition) is 1. The molecule has 5 rings (SSSR count). The van der Waals surface area contributed by atoms with E-state index < -0.39 is 10.0 Å². The van der Waals surface area contributed by atoms with Crippen molar-refractivity contribution in [1.29, 1.82) is 0 Å². The standard InChI is InChI=1S/C20H22N6O2S/c27-29(28,26-10-1-2-11-26)17-5-3-15(4-6-17)18-7-8-21-20-19(18)13-16(23-20)14-25-12-9-22-24-25/h3-9,12,16H,1-2,10-11,13-14H2,(H,21,23). The van der Waals surface area contributed by atoms with Crippen LogP contribution in [0.15, 0.2) is 53.8 Å². The van der Waals surface area contributed by atoms with Crippen LogP contribution in [-0.2, 0) is 23.0 Å². The summed E-state index contributed by atoms with van der Waals surface area (Å²) >= 11 is 0. The summed E-state index contributed by atoms with van der Waals surface area (Å²) in [5, 5.41) is 11.3. The second-order valence-corrected chi connectivity index (χ2v) is 9.43. The van der Waals surface area contributed by atoms with E-state index in [0.29, 0.717) is 24.5 Å². The van der Waals surface area contributed by atoms with E-state index in [1.54, 1.807) is 33.5 Å². The number of nitrogens with zero attached hydrogens (tertiary/aromatic N) is 5. The van der Waals surface area contributed by atoms with Crippen LogP contribution in [0.4, 0.5) is 5.82 Å². The minimum atomic E-state index is -3.39. The fraction of sp³-hybridized carbons (Fsp3) is 0.350. The van der Waals surface area contributed by atoms with Crippen molar-refractivity contribution < 1.29 is 8.42 Å². The summed E-state index contributed by atoms with van der Waals surface area (Å²) in [4.78, 5) is 4.83. The number of anilines is 1. The fourth-order valence-corrected chi connectivity index (χ4v) is 5.65. The summed E-state index contributed by atoms with van der Waals surface area (Å²) < 4.78 is 28.9. The number of pyridine rings is 1. The SMILES string of the molecule is O=S(=O)(c1ccc(-c2ccnc3c2CC(Cn2ccnn2)N3)cc1)N1CCCC1. The van der Waals surface area contributed by atoms with Gasteiger partial charge in [0.15, 0.2) is 0 Å². The number of sulfonamides is 1. The Morgan fingerprint density at radius 1 is 1.07 bits per heavy atom. The van der Waals surface area contributed by atoms with Crippen molar-refractivity contribution in [3.8, 4) is 11.1 Å². The molecule has 1 unspecified atom stereocenters. The topological polar surface area (TPSA) is 93.0 Å². The van der Waals surface area contributed by atoms with Crippen LogP contribution in [0.2, 0.25) is 0 Å². The molecule has 0 spiro atoms. The molecule has 0 bridgehead atoms. The Morgan fingerprint density at radius 3 is 2.59 bits per heavy atom. The van der Waals surface area contributed by atoms with Crippen LogP contribution < -0.4 is 5.32 Å². The van der Waals surface area contributed by atoms with Crippen molar-refractivity contribution in [1.82, 2.24) is 24.3 Å². The van der Waals surface area contributed by atoms with Gasteiger partial charge in [0.1, 0.15) is 5.82 Å². The second kappa shape index (κ2) is 7.23. The Labute approximate surface area is 169 Å². The number of fused-ring (bicyclic) bond motifs is 1. The molecule has 2 aliphatic rings. The van der Waals surface area contributed by atoms with Gasteiger partial charge in [0.2, 0.25) is 10.0 Å². The van der Waals surface area contributed by atoms with Crippen molar-refractivity contribution in [2.45, 2.75) is 36.7 Å². The monoisotopic (exact) mass is 410 g/mol. The van der Waals surface area contributed by atoms with E-state index in [0.717, 1.165) is 41.8 Å². The molecule has 0 saturated carbocycles. The summed E-state index contributed by atoms with van der Waals surface area (Å²) in [7, 11) is -3.39. The molecule has 2 aromatic heterocycles. The lowest BCUT2D eigenvalue weighted by Crippen LogP contribution is -2.27. The van der Waals surface area contributed by atoms with Crippen LogP contribution in [-0.4, -0.2) is 51.8 Å². The van der Waals surface area contributed by atoms with E-state index in [-0.39, 0.29) is 6.04 Å². The minimum absolute atomic E-state index is 0.190. The molecule has 4 heterocycles. The van der Waals surface area contributed by atoms with Crippen molar-refractivity contribution in [2.24, 2.45) is 0 Å². The summed E-state index contributed by atoms with van der Waals surface area (Å²) in [6.07, 6.45) is 7.99. The first-order valence-corrected chi connectivity index (χ1v) is 11.2. The Hall–Kier alpha value is -2.78. The van der Waals surface area contributed by atoms with Gasteiger partial charge in [-0.15, -0.1) is 5.10 Å². The highest BCUT2D eigenvalue weighted by atomic mass is 32.2. The Bertz CT molecular complexity index is 1110. The lowest BCUT2D eigenvalue weighted by molar-refractivity contribution is 0.477. The lowest BCUT2D eigenvalue weighted by atomic mass is 9.99. The minimum Gasteiger partial charge on any atom is -0.365 e. The molecule has 1 aromatic carbocycles. The summed E-state index contributed by atoms with van der Waals surface area (Å²) in [6.45, 7) is 1.93. The van der Waals surface area contributed by atoms with Gasteiger partial charge < -0.3 is 5.32 Å². The molecular formula is C20H22N6O2S. The van der Waals surface area contributed by atoms with Crippen molar-refractivity contribution in [3.05, 3.63) is 54.5 Å². The molecule has 1 N–H and O–H groups in total. The van der Waals surface area contributed by atoms with Crippen molar-refractivity contribution in [3.63, 3.8) is 0 Å². The van der Waals surface area contributed by atoms with E-state index in [4.69, 9.17) is 0 Å². The molecule has 150 valence electrons. The number of nitrogens with one attached hydrogen (secondary N) is 1. The third-order valence-electron chi connectivity index (χ3n) is 5.59. The largest absolute Gasteiger partial charge is 0.365 e. The summed E-state index contributed by atoms with van der Waals surface area (Å²) in [5.74, 6) is 0.876. The second-order valence-electron chi connectivity index (χ2n) is 7.49. The summed E-state index contributed by atoms with van der Waals surface area (Å²) in [5.41, 5.74) is 3.22. The first kappa shape index (κ1) is 18.3. The van der Waals surface area contributed by atoms with E-state index >= 15 is 0 Å². The number of benzene rings is 1. The van der Waals surface area contributed by atoms with Gasteiger partial charge in [0.25, 0.3) is 0 Å². The van der Waals surface area contributed by atoms with Crippen LogP contribution in [0.3, 0.4) is 0 Å². The van der Waals surface area contributed by atoms with Gasteiger partial charge in [-0.3, -0.25) is 4.68 Å². The molecule has 0 aliphatic carbocycles. The highest BCUT2D eigenvalue weighted by Gasteiger charge is 2.28. The molecule has 1 fully saturated rings. The number of aromatic nitrogens is 4. The highest BCUT2D eigenvalue weighted by molar-refractivity contribution is 7.89. The lowest BCUT2D eigenvalue weighted by Gasteiger charge is -2.16. The highest BCUT2D eigenvalue weighted by Crippen LogP contribution is 2.34. The van der Waals surface area contributed by atoms with Crippen LogP contribution in [0.1, 0.15) is 18.4 Å². The maximum absolute atomic E-state index is 12.8. The van der Waals surface area contributed by atoms with Gasteiger partial charge in [-0.2, -0.15) is 4.31 Å². The molecule has 1 atom stereocenters. The van der Waals surface area contributed by atoms with Gasteiger partial charge >= 0.3 is 0 Å². The van der Waals surface area contributed by atoms with Crippen LogP contribution in [0, 0.1) is 0 Å². The number of hydrogen-bond acceptors (Lipinski definition) is 6. The van der Waals surface area contributed by atoms with Gasteiger partial charge in [-0.05, 0) is 48.6 Å². The van der Waals surface area contributed by atoms with Crippen molar-refractivity contribution in [2.75, 3.05) is 18.4 Å². The van der Waals surface area contributed by atoms with E-state index in [9.17, 15) is 8.42 Å². The molecule has 2 aliphatic heterocycles. The quantitative estimate of drug-likeness (QED) is 0.693. The first-order valence-electron chi connectivity index (χ1n) is 9.80. The first-order chi connectivity index (χ1) is 14.1. The molecule has 29 heavy (non-hydrogen) atoms. The average Bonchev–Trinajstić information content (AvgIpc) is 3.49. The third-order valence-corrected chi connectivity index (χ3v) is 7.51. The van der Waals surface area contributed by atoms with Crippen LogP contribution >= 0.6 is 0 Å². The molecular weight excluding hydrogens is 388 g/mol. The zero-order valence-corrected chi connectivity index (χ0v) is 16.7. The zero-order valence-electron chi connectivity index (χ0n) is 15.9. The Morgan fingerprint density at radius 2 is 1.86 bits per heavy atom.